The number of ether oxygens (including phenoxy) is 1. The van der Waals surface area contributed by atoms with Crippen LogP contribution >= 0.6 is 0 Å². The molecule has 5 nitrogen and oxygen atoms in total. The van der Waals surface area contributed by atoms with Crippen molar-refractivity contribution in [3.63, 3.8) is 0 Å². The van der Waals surface area contributed by atoms with Crippen molar-refractivity contribution in [2.45, 2.75) is 0 Å². The predicted molar refractivity (Wildman–Crippen MR) is 62.3 cm³/mol. The quantitative estimate of drug-likeness (QED) is 0.931. The van der Waals surface area contributed by atoms with E-state index in [0.717, 1.165) is 18.3 Å². The molecule has 0 saturated heterocycles. The smallest absolute Gasteiger partial charge is 0.338 e. The lowest BCUT2D eigenvalue weighted by Crippen LogP contribution is -2.04. The Morgan fingerprint density at radius 3 is 2.75 bits per heavy atom. The summed E-state index contributed by atoms with van der Waals surface area (Å²) in [6.45, 7) is 0. The zero-order valence-electron chi connectivity index (χ0n) is 9.80. The van der Waals surface area contributed by atoms with Crippen LogP contribution in [-0.4, -0.2) is 16.1 Å². The minimum Gasteiger partial charge on any atom is -0.478 e. The summed E-state index contributed by atoms with van der Waals surface area (Å²) in [5, 5.41) is 17.6. The van der Waals surface area contributed by atoms with Crippen LogP contribution in [0.4, 0.5) is 8.78 Å². The molecule has 0 aliphatic heterocycles. The maximum Gasteiger partial charge on any atom is 0.338 e. The molecule has 1 aromatic carbocycles. The van der Waals surface area contributed by atoms with Crippen molar-refractivity contribution in [2.24, 2.45) is 0 Å². The molecule has 0 spiro atoms. The molecule has 0 fully saturated rings. The second kappa shape index (κ2) is 5.32. The summed E-state index contributed by atoms with van der Waals surface area (Å²) >= 11 is 0. The number of aromatic nitrogens is 1. The van der Waals surface area contributed by atoms with Crippen LogP contribution < -0.4 is 4.74 Å². The standard InChI is InChI=1S/C13H6F2N2O3/c14-9-2-1-3-10(8(9)6-16)20-12-11(15)7(13(18)19)4-5-17-12/h1-5H,(H,18,19). The van der Waals surface area contributed by atoms with Crippen molar-refractivity contribution in [1.29, 1.82) is 5.26 Å². The second-order valence-corrected chi connectivity index (χ2v) is 3.61. The van der Waals surface area contributed by atoms with Gasteiger partial charge in [-0.05, 0) is 18.2 Å². The van der Waals surface area contributed by atoms with Crippen molar-refractivity contribution in [2.75, 3.05) is 0 Å². The van der Waals surface area contributed by atoms with Crippen LogP contribution in [0.5, 0.6) is 11.6 Å². The molecule has 100 valence electrons. The number of rotatable bonds is 3. The molecule has 0 bridgehead atoms. The number of carbonyl (C=O) groups is 1. The molecule has 7 heteroatoms. The van der Waals surface area contributed by atoms with Gasteiger partial charge in [0.2, 0.25) is 0 Å². The summed E-state index contributed by atoms with van der Waals surface area (Å²) in [4.78, 5) is 14.3. The van der Waals surface area contributed by atoms with Gasteiger partial charge in [0, 0.05) is 6.20 Å². The highest BCUT2D eigenvalue weighted by molar-refractivity contribution is 5.88. The van der Waals surface area contributed by atoms with Crippen molar-refractivity contribution >= 4 is 5.97 Å². The Morgan fingerprint density at radius 1 is 1.35 bits per heavy atom. The van der Waals surface area contributed by atoms with Gasteiger partial charge in [-0.15, -0.1) is 0 Å². The van der Waals surface area contributed by atoms with Gasteiger partial charge in [0.15, 0.2) is 5.82 Å². The number of halogens is 2. The van der Waals surface area contributed by atoms with Gasteiger partial charge in [0.05, 0.1) is 0 Å². The van der Waals surface area contributed by atoms with Crippen LogP contribution in [0.1, 0.15) is 15.9 Å². The maximum absolute atomic E-state index is 13.8. The van der Waals surface area contributed by atoms with E-state index in [-0.39, 0.29) is 5.75 Å². The van der Waals surface area contributed by atoms with Gasteiger partial charge in [-0.25, -0.2) is 18.6 Å². The third kappa shape index (κ3) is 2.40. The summed E-state index contributed by atoms with van der Waals surface area (Å²) in [6.07, 6.45) is 1.03. The third-order valence-corrected chi connectivity index (χ3v) is 2.38. The molecule has 0 amide bonds. The van der Waals surface area contributed by atoms with Crippen LogP contribution in [0.2, 0.25) is 0 Å². The summed E-state index contributed by atoms with van der Waals surface area (Å²) in [5.74, 6) is -4.42. The molecular weight excluding hydrogens is 270 g/mol. The van der Waals surface area contributed by atoms with Crippen molar-refractivity contribution in [3.8, 4) is 17.7 Å². The van der Waals surface area contributed by atoms with Gasteiger partial charge in [-0.2, -0.15) is 5.26 Å². The number of hydrogen-bond donors (Lipinski definition) is 1. The van der Waals surface area contributed by atoms with Gasteiger partial charge in [0.25, 0.3) is 5.88 Å². The molecule has 2 aromatic rings. The van der Waals surface area contributed by atoms with E-state index in [1.165, 1.54) is 12.1 Å². The average molecular weight is 276 g/mol. The van der Waals surface area contributed by atoms with Crippen molar-refractivity contribution in [1.82, 2.24) is 4.98 Å². The molecule has 0 aliphatic rings. The monoisotopic (exact) mass is 276 g/mol. The fraction of sp³-hybridized carbons (Fsp3) is 0. The Labute approximate surface area is 111 Å². The topological polar surface area (TPSA) is 83.2 Å². The van der Waals surface area contributed by atoms with Crippen LogP contribution in [0.25, 0.3) is 0 Å². The Hall–Kier alpha value is -3.01. The zero-order chi connectivity index (χ0) is 14.7. The van der Waals surface area contributed by atoms with Crippen LogP contribution in [-0.2, 0) is 0 Å². The predicted octanol–water partition coefficient (Wildman–Crippen LogP) is 2.72. The van der Waals surface area contributed by atoms with E-state index in [1.54, 1.807) is 6.07 Å². The number of benzene rings is 1. The molecule has 0 atom stereocenters. The molecule has 2 rings (SSSR count). The summed E-state index contributed by atoms with van der Waals surface area (Å²) in [7, 11) is 0. The normalized spacial score (nSPS) is 9.85. The van der Waals surface area contributed by atoms with Crippen molar-refractivity contribution < 1.29 is 23.4 Å². The van der Waals surface area contributed by atoms with Gasteiger partial charge in [-0.3, -0.25) is 0 Å². The number of nitrogens with zero attached hydrogens (tertiary/aromatic N) is 2. The molecule has 0 saturated carbocycles. The summed E-state index contributed by atoms with van der Waals surface area (Å²) < 4.78 is 32.1. The Bertz CT molecular complexity index is 726. The Morgan fingerprint density at radius 2 is 2.10 bits per heavy atom. The minimum absolute atomic E-state index is 0.249. The first-order valence-electron chi connectivity index (χ1n) is 5.29. The molecule has 0 aliphatic carbocycles. The fourth-order valence-electron chi connectivity index (χ4n) is 1.46. The van der Waals surface area contributed by atoms with E-state index in [9.17, 15) is 13.6 Å². The number of hydrogen-bond acceptors (Lipinski definition) is 4. The largest absolute Gasteiger partial charge is 0.478 e. The summed E-state index contributed by atoms with van der Waals surface area (Å²) in [5.41, 5.74) is -1.06. The number of carboxylic acid groups (broad SMARTS) is 1. The van der Waals surface area contributed by atoms with E-state index in [4.69, 9.17) is 15.1 Å². The first-order valence-corrected chi connectivity index (χ1v) is 5.29. The molecule has 0 radical (unpaired) electrons. The molecular formula is C13H6F2N2O3. The van der Waals surface area contributed by atoms with Gasteiger partial charge < -0.3 is 9.84 Å². The van der Waals surface area contributed by atoms with Crippen LogP contribution in [0.3, 0.4) is 0 Å². The average Bonchev–Trinajstić information content (AvgIpc) is 2.41. The third-order valence-electron chi connectivity index (χ3n) is 2.38. The highest BCUT2D eigenvalue weighted by Gasteiger charge is 2.18. The molecule has 1 aromatic heterocycles. The van der Waals surface area contributed by atoms with Gasteiger partial charge >= 0.3 is 5.97 Å². The highest BCUT2D eigenvalue weighted by Crippen LogP contribution is 2.28. The van der Waals surface area contributed by atoms with E-state index >= 15 is 0 Å². The molecule has 1 heterocycles. The van der Waals surface area contributed by atoms with Crippen molar-refractivity contribution in [3.05, 3.63) is 53.2 Å². The SMILES string of the molecule is N#Cc1c(F)cccc1Oc1nccc(C(=O)O)c1F. The lowest BCUT2D eigenvalue weighted by molar-refractivity contribution is 0.0690. The number of carboxylic acids is 1. The lowest BCUT2D eigenvalue weighted by atomic mass is 10.2. The van der Waals surface area contributed by atoms with E-state index < -0.39 is 34.6 Å². The first-order chi connectivity index (χ1) is 9.54. The zero-order valence-corrected chi connectivity index (χ0v) is 9.80. The molecule has 20 heavy (non-hydrogen) atoms. The highest BCUT2D eigenvalue weighted by atomic mass is 19.1. The number of aromatic carboxylic acids is 1. The molecule has 1 N–H and O–H groups in total. The number of nitriles is 1. The van der Waals surface area contributed by atoms with E-state index in [0.29, 0.717) is 0 Å². The van der Waals surface area contributed by atoms with Gasteiger partial charge in [0.1, 0.15) is 28.8 Å². The first kappa shape index (κ1) is 13.4. The Balaban J connectivity index is 2.47. The molecule has 0 unspecified atom stereocenters. The fourth-order valence-corrected chi connectivity index (χ4v) is 1.46. The van der Waals surface area contributed by atoms with Crippen LogP contribution in [0.15, 0.2) is 30.5 Å². The second-order valence-electron chi connectivity index (χ2n) is 3.61. The lowest BCUT2D eigenvalue weighted by Gasteiger charge is -2.08. The van der Waals surface area contributed by atoms with Crippen LogP contribution in [0, 0.1) is 23.0 Å². The Kier molecular flexibility index (Phi) is 3.57. The van der Waals surface area contributed by atoms with E-state index in [1.807, 2.05) is 0 Å². The maximum atomic E-state index is 13.8. The minimum atomic E-state index is -1.49. The van der Waals surface area contributed by atoms with E-state index in [2.05, 4.69) is 4.98 Å². The number of pyridine rings is 1. The van der Waals surface area contributed by atoms with Gasteiger partial charge in [-0.1, -0.05) is 6.07 Å². The summed E-state index contributed by atoms with van der Waals surface area (Å²) in [6, 6.07) is 6.09.